The summed E-state index contributed by atoms with van der Waals surface area (Å²) in [5, 5.41) is 0. The largest absolute Gasteiger partial charge is 0.497 e. The smallest absolute Gasteiger partial charge is 0.185 e. The molecule has 1 saturated heterocycles. The third-order valence-electron chi connectivity index (χ3n) is 8.85. The lowest BCUT2D eigenvalue weighted by Gasteiger charge is -2.37. The van der Waals surface area contributed by atoms with Gasteiger partial charge in [-0.1, -0.05) is 78.4 Å². The number of benzene rings is 4. The van der Waals surface area contributed by atoms with Gasteiger partial charge < -0.3 is 9.64 Å². The molecule has 0 amide bonds. The van der Waals surface area contributed by atoms with Crippen molar-refractivity contribution in [2.75, 3.05) is 12.0 Å². The number of rotatable bonds is 4. The van der Waals surface area contributed by atoms with Gasteiger partial charge >= 0.3 is 0 Å². The molecular formula is C35H26FNO4. The molecule has 2 heterocycles. The summed E-state index contributed by atoms with van der Waals surface area (Å²) in [5.41, 5.74) is 2.47. The second-order valence-electron chi connectivity index (χ2n) is 10.9. The van der Waals surface area contributed by atoms with Crippen LogP contribution in [-0.4, -0.2) is 36.5 Å². The average Bonchev–Trinajstić information content (AvgIpc) is 3.43. The van der Waals surface area contributed by atoms with Crippen LogP contribution < -0.4 is 9.64 Å². The number of ketones is 3. The minimum Gasteiger partial charge on any atom is -0.497 e. The van der Waals surface area contributed by atoms with Crippen molar-refractivity contribution < 1.29 is 23.5 Å². The summed E-state index contributed by atoms with van der Waals surface area (Å²) >= 11 is 0. The molecule has 0 bridgehead atoms. The van der Waals surface area contributed by atoms with E-state index in [2.05, 4.69) is 0 Å². The highest BCUT2D eigenvalue weighted by Crippen LogP contribution is 2.61. The van der Waals surface area contributed by atoms with Crippen LogP contribution >= 0.6 is 0 Å². The van der Waals surface area contributed by atoms with Gasteiger partial charge in [0.1, 0.15) is 23.0 Å². The Morgan fingerprint density at radius 1 is 0.878 bits per heavy atom. The molecule has 202 valence electrons. The van der Waals surface area contributed by atoms with Crippen molar-refractivity contribution >= 4 is 29.1 Å². The van der Waals surface area contributed by atoms with Crippen LogP contribution in [0.15, 0.2) is 97.1 Å². The molecule has 7 rings (SSSR count). The van der Waals surface area contributed by atoms with Gasteiger partial charge in [0.2, 0.25) is 0 Å². The number of aryl methyl sites for hydroxylation is 1. The van der Waals surface area contributed by atoms with Crippen molar-refractivity contribution in [2.24, 2.45) is 5.41 Å². The molecule has 1 spiro atoms. The third kappa shape index (κ3) is 3.43. The highest BCUT2D eigenvalue weighted by Gasteiger charge is 2.71. The summed E-state index contributed by atoms with van der Waals surface area (Å²) in [6.45, 7) is 1.95. The Bertz CT molecular complexity index is 1740. The first-order valence-corrected chi connectivity index (χ1v) is 13.6. The fourth-order valence-electron chi connectivity index (χ4n) is 7.02. The van der Waals surface area contributed by atoms with Gasteiger partial charge in [-0.2, -0.15) is 0 Å². The zero-order valence-corrected chi connectivity index (χ0v) is 22.5. The van der Waals surface area contributed by atoms with E-state index in [1.807, 2.05) is 36.1 Å². The van der Waals surface area contributed by atoms with Crippen molar-refractivity contribution in [3.05, 3.63) is 136 Å². The van der Waals surface area contributed by atoms with Crippen LogP contribution in [0.25, 0.3) is 6.08 Å². The molecule has 4 aromatic carbocycles. The predicted octanol–water partition coefficient (Wildman–Crippen LogP) is 6.46. The lowest BCUT2D eigenvalue weighted by Crippen LogP contribution is -2.48. The Kier molecular flexibility index (Phi) is 5.58. The van der Waals surface area contributed by atoms with Gasteiger partial charge in [0, 0.05) is 33.9 Å². The van der Waals surface area contributed by atoms with Crippen LogP contribution in [-0.2, 0) is 0 Å². The van der Waals surface area contributed by atoms with E-state index in [1.165, 1.54) is 12.1 Å². The van der Waals surface area contributed by atoms with Crippen molar-refractivity contribution in [3.8, 4) is 5.75 Å². The Hall–Kier alpha value is -4.84. The first-order valence-electron chi connectivity index (χ1n) is 13.6. The lowest BCUT2D eigenvalue weighted by molar-refractivity contribution is 0.0666. The van der Waals surface area contributed by atoms with Crippen molar-refractivity contribution in [3.63, 3.8) is 0 Å². The Balaban J connectivity index is 1.54. The van der Waals surface area contributed by atoms with Crippen molar-refractivity contribution in [1.82, 2.24) is 0 Å². The van der Waals surface area contributed by atoms with Gasteiger partial charge in [0.05, 0.1) is 13.2 Å². The van der Waals surface area contributed by atoms with E-state index < -0.39 is 29.2 Å². The first-order chi connectivity index (χ1) is 19.9. The minimum atomic E-state index is -1.61. The topological polar surface area (TPSA) is 63.7 Å². The van der Waals surface area contributed by atoms with Gasteiger partial charge in [0.15, 0.2) is 17.3 Å². The SMILES string of the molecule is COc1ccc([C@@H]2[C@@H](C(=O)c3ccc(C)cc3)N3c4ccc(F)cc4C=C[C@H]3C23C(=O)c2ccccc2C3=O)cc1. The highest BCUT2D eigenvalue weighted by atomic mass is 19.1. The summed E-state index contributed by atoms with van der Waals surface area (Å²) in [7, 11) is 1.57. The molecule has 0 radical (unpaired) electrons. The number of hydrogen-bond donors (Lipinski definition) is 0. The van der Waals surface area contributed by atoms with E-state index in [0.29, 0.717) is 39.3 Å². The van der Waals surface area contributed by atoms with Gasteiger partial charge in [-0.25, -0.2) is 4.39 Å². The molecule has 3 atom stereocenters. The summed E-state index contributed by atoms with van der Waals surface area (Å²) in [5.74, 6) is -1.44. The molecule has 1 aliphatic carbocycles. The van der Waals surface area contributed by atoms with Crippen LogP contribution in [0.3, 0.4) is 0 Å². The second-order valence-corrected chi connectivity index (χ2v) is 10.9. The molecule has 0 unspecified atom stereocenters. The van der Waals surface area contributed by atoms with Crippen LogP contribution in [0.2, 0.25) is 0 Å². The Morgan fingerprint density at radius 2 is 1.54 bits per heavy atom. The minimum absolute atomic E-state index is 0.213. The van der Waals surface area contributed by atoms with Crippen LogP contribution in [0.5, 0.6) is 5.75 Å². The zero-order chi connectivity index (χ0) is 28.5. The fraction of sp³-hybridized carbons (Fsp3) is 0.171. The van der Waals surface area contributed by atoms with Gasteiger partial charge in [-0.15, -0.1) is 0 Å². The van der Waals surface area contributed by atoms with E-state index in [-0.39, 0.29) is 17.3 Å². The normalized spacial score (nSPS) is 21.5. The molecule has 0 N–H and O–H groups in total. The molecule has 6 heteroatoms. The number of carbonyl (C=O) groups is 3. The maximum Gasteiger partial charge on any atom is 0.185 e. The van der Waals surface area contributed by atoms with Gasteiger partial charge in [-0.05, 0) is 42.8 Å². The first kappa shape index (κ1) is 25.1. The van der Waals surface area contributed by atoms with Gasteiger partial charge in [-0.3, -0.25) is 14.4 Å². The molecule has 2 aliphatic heterocycles. The number of fused-ring (bicyclic) bond motifs is 5. The van der Waals surface area contributed by atoms with E-state index in [9.17, 15) is 18.8 Å². The summed E-state index contributed by atoms with van der Waals surface area (Å²) < 4.78 is 19.8. The average molecular weight is 544 g/mol. The molecule has 41 heavy (non-hydrogen) atoms. The summed E-state index contributed by atoms with van der Waals surface area (Å²) in [6.07, 6.45) is 3.55. The Morgan fingerprint density at radius 3 is 2.17 bits per heavy atom. The summed E-state index contributed by atoms with van der Waals surface area (Å²) in [6, 6.07) is 24.1. The zero-order valence-electron chi connectivity index (χ0n) is 22.5. The monoisotopic (exact) mass is 543 g/mol. The van der Waals surface area contributed by atoms with E-state index in [4.69, 9.17) is 4.74 Å². The fourth-order valence-corrected chi connectivity index (χ4v) is 7.02. The number of methoxy groups -OCH3 is 1. The number of carbonyl (C=O) groups excluding carboxylic acids is 3. The second kappa shape index (κ2) is 9.10. The lowest BCUT2D eigenvalue weighted by atomic mass is 9.64. The van der Waals surface area contributed by atoms with Crippen LogP contribution in [0.4, 0.5) is 10.1 Å². The molecule has 3 aliphatic rings. The molecule has 4 aromatic rings. The Labute approximate surface area is 236 Å². The number of hydrogen-bond acceptors (Lipinski definition) is 5. The molecule has 0 saturated carbocycles. The molecule has 5 nitrogen and oxygen atoms in total. The standard InChI is InChI=1S/C35H26FNO4/c1-20-7-9-22(10-8-20)32(38)31-30(21-11-15-25(41-2)16-12-21)35(33(39)26-5-3-4-6-27(26)34(35)40)29-18-13-23-19-24(36)14-17-28(23)37(29)31/h3-19,29-31H,1-2H3/t29-,30+,31-/m0/s1. The molecule has 0 aromatic heterocycles. The summed E-state index contributed by atoms with van der Waals surface area (Å²) in [4.78, 5) is 45.8. The van der Waals surface area contributed by atoms with Gasteiger partial charge in [0.25, 0.3) is 0 Å². The maximum atomic E-state index is 14.6. The number of nitrogens with zero attached hydrogens (tertiary/aromatic N) is 1. The maximum absolute atomic E-state index is 14.6. The van der Waals surface area contributed by atoms with Crippen molar-refractivity contribution in [2.45, 2.75) is 24.9 Å². The molecule has 1 fully saturated rings. The quantitative estimate of drug-likeness (QED) is 0.218. The number of anilines is 1. The van der Waals surface area contributed by atoms with Crippen LogP contribution in [0.1, 0.15) is 53.7 Å². The number of ether oxygens (including phenoxy) is 1. The van der Waals surface area contributed by atoms with E-state index >= 15 is 0 Å². The van der Waals surface area contributed by atoms with Crippen LogP contribution in [0, 0.1) is 18.2 Å². The third-order valence-corrected chi connectivity index (χ3v) is 8.85. The highest BCUT2D eigenvalue weighted by molar-refractivity contribution is 6.32. The molecular weight excluding hydrogens is 517 g/mol. The predicted molar refractivity (Wildman–Crippen MR) is 154 cm³/mol. The van der Waals surface area contributed by atoms with Crippen molar-refractivity contribution in [1.29, 1.82) is 0 Å². The van der Waals surface area contributed by atoms with E-state index in [1.54, 1.807) is 73.9 Å². The van der Waals surface area contributed by atoms with E-state index in [0.717, 1.165) is 5.56 Å². The number of halogens is 1. The number of Topliss-reactive ketones (excluding diaryl/α,β-unsaturated/α-hetero) is 3.